The molecule has 17 heavy (non-hydrogen) atoms. The molecule has 0 spiro atoms. The van der Waals surface area contributed by atoms with Crippen LogP contribution in [0.15, 0.2) is 53.3 Å². The number of furan rings is 1. The first-order valence-corrected chi connectivity index (χ1v) is 5.45. The largest absolute Gasteiger partial charge is 0.472 e. The Morgan fingerprint density at radius 2 is 2.00 bits per heavy atom. The van der Waals surface area contributed by atoms with Gasteiger partial charge < -0.3 is 15.1 Å². The zero-order valence-corrected chi connectivity index (χ0v) is 9.35. The molecule has 0 bridgehead atoms. The van der Waals surface area contributed by atoms with Crippen molar-refractivity contribution in [2.45, 2.75) is 6.42 Å². The monoisotopic (exact) mass is 230 g/mol. The highest BCUT2D eigenvalue weighted by atomic mass is 16.3. The van der Waals surface area contributed by atoms with Crippen LogP contribution in [0.2, 0.25) is 0 Å². The minimum Gasteiger partial charge on any atom is -0.472 e. The summed E-state index contributed by atoms with van der Waals surface area (Å²) in [6.45, 7) is 0.582. The van der Waals surface area contributed by atoms with Crippen LogP contribution in [0.4, 0.5) is 10.5 Å². The Kier molecular flexibility index (Phi) is 3.81. The molecule has 2 amide bonds. The van der Waals surface area contributed by atoms with E-state index in [0.717, 1.165) is 17.7 Å². The number of nitrogens with one attached hydrogen (secondary N) is 2. The molecule has 2 aromatic rings. The average Bonchev–Trinajstić information content (AvgIpc) is 2.83. The van der Waals surface area contributed by atoms with Crippen molar-refractivity contribution >= 4 is 11.7 Å². The van der Waals surface area contributed by atoms with Crippen molar-refractivity contribution in [3.8, 4) is 0 Å². The maximum atomic E-state index is 11.5. The van der Waals surface area contributed by atoms with Crippen molar-refractivity contribution < 1.29 is 9.21 Å². The Morgan fingerprint density at radius 1 is 1.18 bits per heavy atom. The average molecular weight is 230 g/mol. The van der Waals surface area contributed by atoms with Crippen molar-refractivity contribution in [1.29, 1.82) is 0 Å². The van der Waals surface area contributed by atoms with Crippen molar-refractivity contribution in [2.75, 3.05) is 11.9 Å². The Bertz CT molecular complexity index is 452. The van der Waals surface area contributed by atoms with Crippen molar-refractivity contribution in [1.82, 2.24) is 5.32 Å². The molecule has 1 aromatic carbocycles. The highest BCUT2D eigenvalue weighted by Gasteiger charge is 2.00. The molecule has 4 nitrogen and oxygen atoms in total. The van der Waals surface area contributed by atoms with E-state index in [9.17, 15) is 4.79 Å². The van der Waals surface area contributed by atoms with Crippen LogP contribution >= 0.6 is 0 Å². The second-order valence-electron chi connectivity index (χ2n) is 3.63. The zero-order chi connectivity index (χ0) is 11.9. The second kappa shape index (κ2) is 5.75. The molecule has 0 unspecified atom stereocenters. The predicted molar refractivity (Wildman–Crippen MR) is 65.9 cm³/mol. The summed E-state index contributed by atoms with van der Waals surface area (Å²) in [4.78, 5) is 11.5. The number of hydrogen-bond donors (Lipinski definition) is 2. The van der Waals surface area contributed by atoms with Crippen LogP contribution in [0.1, 0.15) is 5.56 Å². The summed E-state index contributed by atoms with van der Waals surface area (Å²) in [6, 6.07) is 11.0. The van der Waals surface area contributed by atoms with Crippen LogP contribution in [0.5, 0.6) is 0 Å². The Morgan fingerprint density at radius 3 is 2.71 bits per heavy atom. The number of hydrogen-bond acceptors (Lipinski definition) is 2. The molecule has 0 aliphatic heterocycles. The van der Waals surface area contributed by atoms with Crippen LogP contribution in [0.3, 0.4) is 0 Å². The van der Waals surface area contributed by atoms with E-state index in [2.05, 4.69) is 10.6 Å². The van der Waals surface area contributed by atoms with E-state index in [-0.39, 0.29) is 6.03 Å². The fourth-order valence-electron chi connectivity index (χ4n) is 1.45. The van der Waals surface area contributed by atoms with Gasteiger partial charge >= 0.3 is 6.03 Å². The summed E-state index contributed by atoms with van der Waals surface area (Å²) < 4.78 is 4.94. The number of carbonyl (C=O) groups is 1. The predicted octanol–water partition coefficient (Wildman–Crippen LogP) is 2.64. The molecule has 1 aromatic heterocycles. The first-order valence-electron chi connectivity index (χ1n) is 5.45. The Labute approximate surface area is 99.6 Å². The van der Waals surface area contributed by atoms with E-state index >= 15 is 0 Å². The number of anilines is 1. The van der Waals surface area contributed by atoms with Gasteiger partial charge in [0.25, 0.3) is 0 Å². The van der Waals surface area contributed by atoms with Gasteiger partial charge in [0.2, 0.25) is 0 Å². The van der Waals surface area contributed by atoms with E-state index in [4.69, 9.17) is 4.42 Å². The Balaban J connectivity index is 1.71. The summed E-state index contributed by atoms with van der Waals surface area (Å²) >= 11 is 0. The molecule has 88 valence electrons. The van der Waals surface area contributed by atoms with Gasteiger partial charge in [-0.1, -0.05) is 18.2 Å². The standard InChI is InChI=1S/C13H14N2O2/c16-13(15-12-4-2-1-3-5-12)14-8-6-11-7-9-17-10-11/h1-5,7,9-10H,6,8H2,(H2,14,15,16). The summed E-state index contributed by atoms with van der Waals surface area (Å²) in [5.74, 6) is 0. The first-order chi connectivity index (χ1) is 8.34. The molecule has 0 saturated carbocycles. The highest BCUT2D eigenvalue weighted by Crippen LogP contribution is 2.04. The first kappa shape index (κ1) is 11.3. The normalized spacial score (nSPS) is 9.88. The number of rotatable bonds is 4. The van der Waals surface area contributed by atoms with Gasteiger partial charge in [-0.15, -0.1) is 0 Å². The molecular weight excluding hydrogens is 216 g/mol. The molecule has 1 heterocycles. The lowest BCUT2D eigenvalue weighted by atomic mass is 10.2. The maximum absolute atomic E-state index is 11.5. The van der Waals surface area contributed by atoms with Gasteiger partial charge in [-0.05, 0) is 30.2 Å². The van der Waals surface area contributed by atoms with Crippen LogP contribution < -0.4 is 10.6 Å². The van der Waals surface area contributed by atoms with Crippen molar-refractivity contribution in [3.05, 3.63) is 54.5 Å². The lowest BCUT2D eigenvalue weighted by molar-refractivity contribution is 0.252. The van der Waals surface area contributed by atoms with Crippen LogP contribution in [0.25, 0.3) is 0 Å². The third-order valence-electron chi connectivity index (χ3n) is 2.31. The summed E-state index contributed by atoms with van der Waals surface area (Å²) in [5, 5.41) is 5.53. The third-order valence-corrected chi connectivity index (χ3v) is 2.31. The number of urea groups is 1. The lowest BCUT2D eigenvalue weighted by Gasteiger charge is -2.06. The minimum atomic E-state index is -0.195. The third kappa shape index (κ3) is 3.68. The van der Waals surface area contributed by atoms with E-state index in [1.54, 1.807) is 12.5 Å². The van der Waals surface area contributed by atoms with E-state index in [1.165, 1.54) is 0 Å². The second-order valence-corrected chi connectivity index (χ2v) is 3.63. The van der Waals surface area contributed by atoms with Crippen LogP contribution in [-0.4, -0.2) is 12.6 Å². The van der Waals surface area contributed by atoms with Crippen molar-refractivity contribution in [2.24, 2.45) is 0 Å². The van der Waals surface area contributed by atoms with Gasteiger partial charge in [-0.3, -0.25) is 0 Å². The minimum absolute atomic E-state index is 0.195. The molecule has 2 rings (SSSR count). The van der Waals surface area contributed by atoms with Crippen molar-refractivity contribution in [3.63, 3.8) is 0 Å². The smallest absolute Gasteiger partial charge is 0.319 e. The zero-order valence-electron chi connectivity index (χ0n) is 9.35. The fraction of sp³-hybridized carbons (Fsp3) is 0.154. The quantitative estimate of drug-likeness (QED) is 0.848. The lowest BCUT2D eigenvalue weighted by Crippen LogP contribution is -2.30. The van der Waals surface area contributed by atoms with Gasteiger partial charge in [0, 0.05) is 12.2 Å². The summed E-state index contributed by atoms with van der Waals surface area (Å²) in [6.07, 6.45) is 4.06. The number of para-hydroxylation sites is 1. The summed E-state index contributed by atoms with van der Waals surface area (Å²) in [5.41, 5.74) is 1.86. The topological polar surface area (TPSA) is 54.3 Å². The van der Waals surface area contributed by atoms with Gasteiger partial charge in [0.05, 0.1) is 12.5 Å². The molecule has 0 fully saturated rings. The molecule has 0 aliphatic carbocycles. The van der Waals surface area contributed by atoms with Gasteiger partial charge in [0.1, 0.15) is 0 Å². The molecule has 0 aliphatic rings. The van der Waals surface area contributed by atoms with Gasteiger partial charge in [0.15, 0.2) is 0 Å². The molecule has 0 atom stereocenters. The van der Waals surface area contributed by atoms with E-state index in [1.807, 2.05) is 36.4 Å². The molecule has 0 radical (unpaired) electrons. The maximum Gasteiger partial charge on any atom is 0.319 e. The van der Waals surface area contributed by atoms with Gasteiger partial charge in [-0.25, -0.2) is 4.79 Å². The number of benzene rings is 1. The van der Waals surface area contributed by atoms with Crippen LogP contribution in [0, 0.1) is 0 Å². The van der Waals surface area contributed by atoms with E-state index < -0.39 is 0 Å². The SMILES string of the molecule is O=C(NCCc1ccoc1)Nc1ccccc1. The molecule has 2 N–H and O–H groups in total. The summed E-state index contributed by atoms with van der Waals surface area (Å²) in [7, 11) is 0. The van der Waals surface area contributed by atoms with Crippen LogP contribution in [-0.2, 0) is 6.42 Å². The van der Waals surface area contributed by atoms with E-state index in [0.29, 0.717) is 6.54 Å². The molecule has 4 heteroatoms. The number of carbonyl (C=O) groups excluding carboxylic acids is 1. The fourth-order valence-corrected chi connectivity index (χ4v) is 1.45. The molecule has 0 saturated heterocycles. The molecular formula is C13H14N2O2. The Hall–Kier alpha value is -2.23. The number of amides is 2. The highest BCUT2D eigenvalue weighted by molar-refractivity contribution is 5.89. The van der Waals surface area contributed by atoms with Gasteiger partial charge in [-0.2, -0.15) is 0 Å².